The molecule has 26 heavy (non-hydrogen) atoms. The van der Waals surface area contributed by atoms with Crippen LogP contribution in [0.25, 0.3) is 6.08 Å². The normalized spacial score (nSPS) is 20.6. The Bertz CT molecular complexity index is 1010. The van der Waals surface area contributed by atoms with Gasteiger partial charge in [0.25, 0.3) is 0 Å². The van der Waals surface area contributed by atoms with Crippen LogP contribution in [0.15, 0.2) is 65.4 Å². The van der Waals surface area contributed by atoms with E-state index in [4.69, 9.17) is 11.6 Å². The summed E-state index contributed by atoms with van der Waals surface area (Å²) in [5, 5.41) is 0.722. The Morgan fingerprint density at radius 2 is 1.88 bits per heavy atom. The van der Waals surface area contributed by atoms with Crippen molar-refractivity contribution in [2.75, 3.05) is 11.9 Å². The van der Waals surface area contributed by atoms with Gasteiger partial charge in [0.05, 0.1) is 0 Å². The van der Waals surface area contributed by atoms with Gasteiger partial charge in [-0.2, -0.15) is 0 Å². The van der Waals surface area contributed by atoms with Crippen molar-refractivity contribution >= 4 is 34.9 Å². The lowest BCUT2D eigenvalue weighted by molar-refractivity contribution is -0.108. The van der Waals surface area contributed by atoms with Crippen molar-refractivity contribution < 1.29 is 4.79 Å². The SMILES string of the molecule is CN1/C(=C/N=C2C(=O)C=Cc3ccccc32)C(C)(C)c2cc(Cl)ccc21. The molecule has 0 unspecified atom stereocenters. The van der Waals surface area contributed by atoms with Crippen LogP contribution in [-0.2, 0) is 10.2 Å². The lowest BCUT2D eigenvalue weighted by atomic mass is 9.84. The van der Waals surface area contributed by atoms with Gasteiger partial charge in [-0.25, -0.2) is 0 Å². The number of fused-ring (bicyclic) bond motifs is 2. The molecule has 0 bridgehead atoms. The molecule has 4 heteroatoms. The van der Waals surface area contributed by atoms with Gasteiger partial charge in [0.15, 0.2) is 0 Å². The minimum atomic E-state index is -0.244. The summed E-state index contributed by atoms with van der Waals surface area (Å²) in [6.45, 7) is 4.29. The zero-order chi connectivity index (χ0) is 18.5. The van der Waals surface area contributed by atoms with Gasteiger partial charge in [0, 0.05) is 40.6 Å². The molecule has 0 saturated carbocycles. The number of hydrogen-bond acceptors (Lipinski definition) is 3. The average molecular weight is 363 g/mol. The maximum absolute atomic E-state index is 12.4. The molecule has 2 aliphatic rings. The highest BCUT2D eigenvalue weighted by Crippen LogP contribution is 2.47. The van der Waals surface area contributed by atoms with Crippen LogP contribution in [0.1, 0.15) is 30.5 Å². The van der Waals surface area contributed by atoms with Crippen LogP contribution in [0.2, 0.25) is 5.02 Å². The topological polar surface area (TPSA) is 32.7 Å². The molecule has 0 radical (unpaired) electrons. The van der Waals surface area contributed by atoms with E-state index >= 15 is 0 Å². The summed E-state index contributed by atoms with van der Waals surface area (Å²) in [7, 11) is 2.02. The predicted octanol–water partition coefficient (Wildman–Crippen LogP) is 4.99. The van der Waals surface area contributed by atoms with Crippen LogP contribution in [0.4, 0.5) is 5.69 Å². The molecule has 0 atom stereocenters. The van der Waals surface area contributed by atoms with Gasteiger partial charge >= 0.3 is 0 Å². The molecule has 0 aromatic heterocycles. The molecule has 1 heterocycles. The van der Waals surface area contributed by atoms with E-state index < -0.39 is 0 Å². The number of benzene rings is 2. The molecule has 0 spiro atoms. The molecule has 3 nitrogen and oxygen atoms in total. The van der Waals surface area contributed by atoms with E-state index in [-0.39, 0.29) is 11.2 Å². The molecule has 0 saturated heterocycles. The molecule has 0 amide bonds. The average Bonchev–Trinajstić information content (AvgIpc) is 2.80. The van der Waals surface area contributed by atoms with E-state index in [0.29, 0.717) is 5.71 Å². The van der Waals surface area contributed by atoms with Gasteiger partial charge in [0.1, 0.15) is 5.71 Å². The maximum Gasteiger partial charge on any atom is 0.204 e. The van der Waals surface area contributed by atoms with Crippen molar-refractivity contribution in [3.8, 4) is 0 Å². The fourth-order valence-electron chi connectivity index (χ4n) is 3.73. The maximum atomic E-state index is 12.4. The summed E-state index contributed by atoms with van der Waals surface area (Å²) >= 11 is 6.20. The Balaban J connectivity index is 1.81. The first-order valence-electron chi connectivity index (χ1n) is 8.53. The minimum Gasteiger partial charge on any atom is -0.346 e. The van der Waals surface area contributed by atoms with E-state index in [2.05, 4.69) is 23.7 Å². The summed E-state index contributed by atoms with van der Waals surface area (Å²) in [5.74, 6) is -0.0698. The minimum absolute atomic E-state index is 0.0698. The van der Waals surface area contributed by atoms with E-state index in [1.54, 1.807) is 6.08 Å². The Kier molecular flexibility index (Phi) is 3.85. The van der Waals surface area contributed by atoms with Crippen LogP contribution < -0.4 is 4.90 Å². The number of ketones is 1. The third-order valence-corrected chi connectivity index (χ3v) is 5.41. The van der Waals surface area contributed by atoms with E-state index in [1.807, 2.05) is 61.8 Å². The molecule has 0 fully saturated rings. The van der Waals surface area contributed by atoms with Crippen molar-refractivity contribution in [2.45, 2.75) is 19.3 Å². The predicted molar refractivity (Wildman–Crippen MR) is 108 cm³/mol. The van der Waals surface area contributed by atoms with Crippen LogP contribution in [0.3, 0.4) is 0 Å². The summed E-state index contributed by atoms with van der Waals surface area (Å²) in [6, 6.07) is 13.7. The number of rotatable bonds is 1. The lowest BCUT2D eigenvalue weighted by Crippen LogP contribution is -2.23. The Morgan fingerprint density at radius 3 is 2.69 bits per heavy atom. The number of nitrogens with zero attached hydrogens (tertiary/aromatic N) is 2. The molecule has 1 aliphatic carbocycles. The van der Waals surface area contributed by atoms with Crippen molar-refractivity contribution in [1.29, 1.82) is 0 Å². The molecule has 130 valence electrons. The van der Waals surface area contributed by atoms with Crippen molar-refractivity contribution in [2.24, 2.45) is 4.99 Å². The quantitative estimate of drug-likeness (QED) is 0.715. The Morgan fingerprint density at radius 1 is 1.12 bits per heavy atom. The number of carbonyl (C=O) groups is 1. The molecule has 2 aromatic rings. The number of hydrogen-bond donors (Lipinski definition) is 0. The summed E-state index contributed by atoms with van der Waals surface area (Å²) in [4.78, 5) is 19.1. The van der Waals surface area contributed by atoms with Crippen LogP contribution in [0.5, 0.6) is 0 Å². The number of aliphatic imine (C=N–C) groups is 1. The van der Waals surface area contributed by atoms with E-state index in [1.165, 1.54) is 0 Å². The molecular formula is C22H19ClN2O. The highest BCUT2D eigenvalue weighted by Gasteiger charge is 2.38. The van der Waals surface area contributed by atoms with Gasteiger partial charge in [-0.1, -0.05) is 55.8 Å². The Labute approximate surface area is 158 Å². The monoisotopic (exact) mass is 362 g/mol. The summed E-state index contributed by atoms with van der Waals surface area (Å²) in [5.41, 5.74) is 5.42. The number of allylic oxidation sites excluding steroid dienone is 2. The molecular weight excluding hydrogens is 344 g/mol. The third-order valence-electron chi connectivity index (χ3n) is 5.17. The Hall–Kier alpha value is -2.65. The number of carbonyl (C=O) groups excluding carboxylic acids is 1. The molecule has 4 rings (SSSR count). The zero-order valence-electron chi connectivity index (χ0n) is 15.0. The standard InChI is InChI=1S/C22H19ClN2O/c1-22(2)17-12-15(23)9-10-18(17)25(3)20(22)13-24-21-16-7-5-4-6-14(16)8-11-19(21)26/h4-13H,1-3H3/b20-13+,24-21?. The zero-order valence-corrected chi connectivity index (χ0v) is 15.7. The first kappa shape index (κ1) is 16.8. The first-order valence-corrected chi connectivity index (χ1v) is 8.91. The van der Waals surface area contributed by atoms with Crippen LogP contribution >= 0.6 is 11.6 Å². The van der Waals surface area contributed by atoms with Crippen molar-refractivity contribution in [3.05, 3.63) is 82.2 Å². The fourth-order valence-corrected chi connectivity index (χ4v) is 3.90. The number of likely N-dealkylation sites (N-methyl/N-ethyl adjacent to an activating group) is 1. The number of anilines is 1. The second kappa shape index (κ2) is 5.96. The van der Waals surface area contributed by atoms with Gasteiger partial charge in [-0.15, -0.1) is 0 Å². The van der Waals surface area contributed by atoms with Gasteiger partial charge in [-0.3, -0.25) is 9.79 Å². The highest BCUT2D eigenvalue weighted by atomic mass is 35.5. The van der Waals surface area contributed by atoms with Gasteiger partial charge in [0.2, 0.25) is 5.78 Å². The van der Waals surface area contributed by atoms with Gasteiger partial charge < -0.3 is 4.90 Å². The second-order valence-electron chi connectivity index (χ2n) is 7.12. The van der Waals surface area contributed by atoms with Gasteiger partial charge in [-0.05, 0) is 35.4 Å². The third kappa shape index (κ3) is 2.51. The van der Waals surface area contributed by atoms with Crippen molar-refractivity contribution in [3.63, 3.8) is 0 Å². The second-order valence-corrected chi connectivity index (χ2v) is 7.56. The van der Waals surface area contributed by atoms with Crippen molar-refractivity contribution in [1.82, 2.24) is 0 Å². The first-order chi connectivity index (χ1) is 12.4. The number of halogens is 1. The van der Waals surface area contributed by atoms with E-state index in [9.17, 15) is 4.79 Å². The molecule has 2 aromatic carbocycles. The molecule has 0 N–H and O–H groups in total. The van der Waals surface area contributed by atoms with Crippen LogP contribution in [0, 0.1) is 0 Å². The largest absolute Gasteiger partial charge is 0.346 e. The summed E-state index contributed by atoms with van der Waals surface area (Å²) in [6.07, 6.45) is 5.24. The van der Waals surface area contributed by atoms with E-state index in [0.717, 1.165) is 33.1 Å². The molecule has 1 aliphatic heterocycles. The highest BCUT2D eigenvalue weighted by molar-refractivity contribution is 6.52. The van der Waals surface area contributed by atoms with Crippen LogP contribution in [-0.4, -0.2) is 18.5 Å². The smallest absolute Gasteiger partial charge is 0.204 e. The fraction of sp³-hybridized carbons (Fsp3) is 0.182. The lowest BCUT2D eigenvalue weighted by Gasteiger charge is -2.23. The summed E-state index contributed by atoms with van der Waals surface area (Å²) < 4.78 is 0.